The van der Waals surface area contributed by atoms with Gasteiger partial charge in [-0.2, -0.15) is 4.31 Å². The van der Waals surface area contributed by atoms with Crippen LogP contribution in [0.4, 0.5) is 14.5 Å². The summed E-state index contributed by atoms with van der Waals surface area (Å²) in [4.78, 5) is 19.2. The zero-order valence-corrected chi connectivity index (χ0v) is 21.0. The standard InChI is InChI=1S/C26H25F2N3O5S/c1-15-9-20(37(35,36)30-13-26(27,28)14-30)12-29-24(15)18-5-8-22-17(10-18)4-3-16(2)31(22)25(34)21-7-6-19(32)11-23(21)33/h5-12,16,32-33H,3-4,13-14H2,1-2H3. The summed E-state index contributed by atoms with van der Waals surface area (Å²) in [6, 6.07) is 10.6. The maximum atomic E-state index is 13.3. The van der Waals surface area contributed by atoms with E-state index in [-0.39, 0.29) is 33.9 Å². The van der Waals surface area contributed by atoms with E-state index in [4.69, 9.17) is 0 Å². The number of aromatic nitrogens is 1. The van der Waals surface area contributed by atoms with Crippen LogP contribution in [0, 0.1) is 6.92 Å². The second kappa shape index (κ2) is 8.77. The minimum absolute atomic E-state index is 0.0795. The number of sulfonamides is 1. The van der Waals surface area contributed by atoms with Crippen molar-refractivity contribution in [1.82, 2.24) is 9.29 Å². The Kier molecular flexibility index (Phi) is 5.95. The van der Waals surface area contributed by atoms with Gasteiger partial charge in [-0.3, -0.25) is 9.78 Å². The molecule has 0 saturated carbocycles. The van der Waals surface area contributed by atoms with Crippen LogP contribution in [0.25, 0.3) is 11.3 Å². The van der Waals surface area contributed by atoms with Gasteiger partial charge in [0.1, 0.15) is 16.4 Å². The van der Waals surface area contributed by atoms with Gasteiger partial charge in [0.2, 0.25) is 10.0 Å². The third-order valence-corrected chi connectivity index (χ3v) is 8.58. The van der Waals surface area contributed by atoms with Crippen molar-refractivity contribution in [3.63, 3.8) is 0 Å². The average Bonchev–Trinajstić information content (AvgIpc) is 2.81. The van der Waals surface area contributed by atoms with E-state index in [1.807, 2.05) is 13.0 Å². The topological polar surface area (TPSA) is 111 Å². The third-order valence-electron chi connectivity index (χ3n) is 6.82. The first-order chi connectivity index (χ1) is 17.4. The van der Waals surface area contributed by atoms with Crippen molar-refractivity contribution in [2.24, 2.45) is 0 Å². The van der Waals surface area contributed by atoms with Crippen LogP contribution in [-0.4, -0.2) is 58.9 Å². The van der Waals surface area contributed by atoms with Gasteiger partial charge in [-0.1, -0.05) is 6.07 Å². The molecule has 0 radical (unpaired) electrons. The fourth-order valence-corrected chi connectivity index (χ4v) is 6.35. The van der Waals surface area contributed by atoms with Crippen molar-refractivity contribution in [3.8, 4) is 22.8 Å². The first-order valence-corrected chi connectivity index (χ1v) is 13.1. The van der Waals surface area contributed by atoms with Crippen molar-refractivity contribution in [3.05, 3.63) is 65.4 Å². The van der Waals surface area contributed by atoms with E-state index in [9.17, 15) is 32.2 Å². The first kappa shape index (κ1) is 25.1. The summed E-state index contributed by atoms with van der Waals surface area (Å²) < 4.78 is 52.5. The molecule has 2 aromatic carbocycles. The molecule has 1 fully saturated rings. The highest BCUT2D eigenvalue weighted by molar-refractivity contribution is 7.89. The van der Waals surface area contributed by atoms with Crippen LogP contribution in [0.15, 0.2) is 53.6 Å². The van der Waals surface area contributed by atoms with Crippen molar-refractivity contribution < 1.29 is 32.2 Å². The second-order valence-electron chi connectivity index (χ2n) is 9.57. The Labute approximate surface area is 212 Å². The van der Waals surface area contributed by atoms with Crippen LogP contribution in [0.5, 0.6) is 11.5 Å². The van der Waals surface area contributed by atoms with Crippen LogP contribution in [0.3, 0.4) is 0 Å². The number of carbonyl (C=O) groups is 1. The van der Waals surface area contributed by atoms with E-state index < -0.39 is 29.0 Å². The number of carbonyl (C=O) groups excluding carboxylic acids is 1. The van der Waals surface area contributed by atoms with E-state index in [1.165, 1.54) is 24.4 Å². The zero-order chi connectivity index (χ0) is 26.7. The molecule has 2 aliphatic rings. The largest absolute Gasteiger partial charge is 0.508 e. The Balaban J connectivity index is 1.45. The lowest BCUT2D eigenvalue weighted by atomic mass is 9.92. The molecule has 1 unspecified atom stereocenters. The predicted octanol–water partition coefficient (Wildman–Crippen LogP) is 4.09. The second-order valence-corrected chi connectivity index (χ2v) is 11.5. The number of phenols is 2. The van der Waals surface area contributed by atoms with Crippen molar-refractivity contribution in [2.45, 2.75) is 43.5 Å². The highest BCUT2D eigenvalue weighted by Gasteiger charge is 2.50. The zero-order valence-electron chi connectivity index (χ0n) is 20.1. The monoisotopic (exact) mass is 529 g/mol. The summed E-state index contributed by atoms with van der Waals surface area (Å²) in [7, 11) is -4.05. The number of benzene rings is 2. The van der Waals surface area contributed by atoms with Gasteiger partial charge in [0.05, 0.1) is 24.3 Å². The number of fused-ring (bicyclic) bond motifs is 1. The Hall–Kier alpha value is -3.57. The summed E-state index contributed by atoms with van der Waals surface area (Å²) in [6.07, 6.45) is 2.56. The van der Waals surface area contributed by atoms with Gasteiger partial charge >= 0.3 is 0 Å². The number of hydrogen-bond acceptors (Lipinski definition) is 6. The summed E-state index contributed by atoms with van der Waals surface area (Å²) in [6.45, 7) is 1.95. The van der Waals surface area contributed by atoms with E-state index >= 15 is 0 Å². The smallest absolute Gasteiger partial charge is 0.275 e. The normalized spacial score (nSPS) is 19.2. The van der Waals surface area contributed by atoms with Gasteiger partial charge in [-0.05, 0) is 68.1 Å². The van der Waals surface area contributed by atoms with Gasteiger partial charge in [-0.25, -0.2) is 17.2 Å². The molecule has 1 amide bonds. The lowest BCUT2D eigenvalue weighted by molar-refractivity contribution is -0.0945. The number of amides is 1. The Morgan fingerprint density at radius 1 is 1.11 bits per heavy atom. The number of rotatable bonds is 4. The molecule has 37 heavy (non-hydrogen) atoms. The predicted molar refractivity (Wildman–Crippen MR) is 132 cm³/mol. The van der Waals surface area contributed by atoms with Gasteiger partial charge in [0.25, 0.3) is 11.8 Å². The Bertz CT molecular complexity index is 1520. The van der Waals surface area contributed by atoms with E-state index in [0.29, 0.717) is 29.8 Å². The maximum absolute atomic E-state index is 13.3. The molecule has 1 atom stereocenters. The molecule has 1 aromatic heterocycles. The van der Waals surface area contributed by atoms with Gasteiger partial charge in [-0.15, -0.1) is 0 Å². The number of aryl methyl sites for hydroxylation is 2. The molecule has 0 aliphatic carbocycles. The molecule has 2 N–H and O–H groups in total. The minimum atomic E-state index is -4.05. The molecule has 3 aromatic rings. The Morgan fingerprint density at radius 2 is 1.84 bits per heavy atom. The lowest BCUT2D eigenvalue weighted by Gasteiger charge is -2.37. The fourth-order valence-electron chi connectivity index (χ4n) is 4.82. The number of alkyl halides is 2. The highest BCUT2D eigenvalue weighted by atomic mass is 32.2. The molecule has 2 aliphatic heterocycles. The third kappa shape index (κ3) is 4.42. The van der Waals surface area contributed by atoms with Crippen molar-refractivity contribution >= 4 is 21.6 Å². The highest BCUT2D eigenvalue weighted by Crippen LogP contribution is 2.37. The van der Waals surface area contributed by atoms with E-state index in [2.05, 4.69) is 4.98 Å². The number of phenolic OH excluding ortho intramolecular Hbond substituents is 2. The lowest BCUT2D eigenvalue weighted by Crippen LogP contribution is -2.58. The quantitative estimate of drug-likeness (QED) is 0.527. The molecule has 11 heteroatoms. The molecule has 1 saturated heterocycles. The van der Waals surface area contributed by atoms with Crippen LogP contribution in [0.1, 0.15) is 34.8 Å². The summed E-state index contributed by atoms with van der Waals surface area (Å²) in [5, 5.41) is 19.8. The maximum Gasteiger partial charge on any atom is 0.275 e. The van der Waals surface area contributed by atoms with Gasteiger partial charge in [0, 0.05) is 29.6 Å². The van der Waals surface area contributed by atoms with Crippen molar-refractivity contribution in [2.75, 3.05) is 18.0 Å². The van der Waals surface area contributed by atoms with Gasteiger partial charge < -0.3 is 15.1 Å². The molecule has 194 valence electrons. The molecule has 8 nitrogen and oxygen atoms in total. The summed E-state index contributed by atoms with van der Waals surface area (Å²) in [5.74, 6) is -3.85. The van der Waals surface area contributed by atoms with E-state index in [0.717, 1.165) is 21.5 Å². The average molecular weight is 530 g/mol. The van der Waals surface area contributed by atoms with E-state index in [1.54, 1.807) is 24.0 Å². The number of nitrogens with zero attached hydrogens (tertiary/aromatic N) is 3. The number of pyridine rings is 1. The minimum Gasteiger partial charge on any atom is -0.508 e. The number of aromatic hydroxyl groups is 2. The van der Waals surface area contributed by atoms with Crippen molar-refractivity contribution in [1.29, 1.82) is 0 Å². The number of halogens is 2. The number of hydrogen-bond donors (Lipinski definition) is 2. The van der Waals surface area contributed by atoms with Crippen LogP contribution < -0.4 is 4.90 Å². The SMILES string of the molecule is Cc1cc(S(=O)(=O)N2CC(F)(F)C2)cnc1-c1ccc2c(c1)CCC(C)N2C(=O)c1ccc(O)cc1O. The molecule has 0 spiro atoms. The molecule has 5 rings (SSSR count). The summed E-state index contributed by atoms with van der Waals surface area (Å²) in [5.41, 5.74) is 3.50. The Morgan fingerprint density at radius 3 is 2.49 bits per heavy atom. The van der Waals surface area contributed by atoms with Crippen LogP contribution in [-0.2, 0) is 16.4 Å². The van der Waals surface area contributed by atoms with Crippen LogP contribution in [0.2, 0.25) is 0 Å². The van der Waals surface area contributed by atoms with Gasteiger partial charge in [0.15, 0.2) is 0 Å². The summed E-state index contributed by atoms with van der Waals surface area (Å²) >= 11 is 0. The fraction of sp³-hybridized carbons (Fsp3) is 0.308. The molecular weight excluding hydrogens is 504 g/mol. The number of anilines is 1. The first-order valence-electron chi connectivity index (χ1n) is 11.7. The van der Waals surface area contributed by atoms with Crippen LogP contribution >= 0.6 is 0 Å². The molecule has 0 bridgehead atoms. The molecular formula is C26H25F2N3O5S. The molecule has 3 heterocycles.